The van der Waals surface area contributed by atoms with Gasteiger partial charge in [0.15, 0.2) is 11.6 Å². The van der Waals surface area contributed by atoms with E-state index in [2.05, 4.69) is 21.2 Å². The zero-order chi connectivity index (χ0) is 14.0. The van der Waals surface area contributed by atoms with Gasteiger partial charge in [-0.15, -0.1) is 0 Å². The SMILES string of the molecule is COc1ccc(Br)c(Nc2c(F)cc(N)cc2F)c1. The van der Waals surface area contributed by atoms with Crippen molar-refractivity contribution in [1.29, 1.82) is 0 Å². The molecule has 0 aliphatic heterocycles. The summed E-state index contributed by atoms with van der Waals surface area (Å²) in [7, 11) is 1.51. The zero-order valence-electron chi connectivity index (χ0n) is 10.0. The number of methoxy groups -OCH3 is 1. The van der Waals surface area contributed by atoms with Crippen molar-refractivity contribution in [2.24, 2.45) is 0 Å². The van der Waals surface area contributed by atoms with Crippen molar-refractivity contribution >= 4 is 33.0 Å². The van der Waals surface area contributed by atoms with E-state index in [0.29, 0.717) is 15.9 Å². The van der Waals surface area contributed by atoms with E-state index in [1.807, 2.05) is 0 Å². The third-order valence-electron chi connectivity index (χ3n) is 2.50. The summed E-state index contributed by atoms with van der Waals surface area (Å²) in [5, 5.41) is 2.68. The molecule has 0 aliphatic rings. The van der Waals surface area contributed by atoms with Crippen molar-refractivity contribution in [3.05, 3.63) is 46.4 Å². The Bertz CT molecular complexity index is 597. The summed E-state index contributed by atoms with van der Waals surface area (Å²) in [6.45, 7) is 0. The van der Waals surface area contributed by atoms with Crippen LogP contribution in [0, 0.1) is 11.6 Å². The molecule has 0 spiro atoms. The number of hydrogen-bond acceptors (Lipinski definition) is 3. The molecule has 0 aliphatic carbocycles. The summed E-state index contributed by atoms with van der Waals surface area (Å²) >= 11 is 3.29. The molecule has 0 fully saturated rings. The minimum atomic E-state index is -0.757. The van der Waals surface area contributed by atoms with E-state index in [4.69, 9.17) is 10.5 Å². The number of rotatable bonds is 3. The Balaban J connectivity index is 2.41. The molecule has 0 heterocycles. The molecular weight excluding hydrogens is 318 g/mol. The van der Waals surface area contributed by atoms with Gasteiger partial charge in [0.05, 0.1) is 12.8 Å². The normalized spacial score (nSPS) is 10.3. The minimum Gasteiger partial charge on any atom is -0.497 e. The fourth-order valence-electron chi connectivity index (χ4n) is 1.57. The first-order valence-corrected chi connectivity index (χ1v) is 6.15. The summed E-state index contributed by atoms with van der Waals surface area (Å²) in [5.74, 6) is -0.943. The third-order valence-corrected chi connectivity index (χ3v) is 3.19. The van der Waals surface area contributed by atoms with Crippen LogP contribution in [0.2, 0.25) is 0 Å². The molecule has 0 atom stereocenters. The van der Waals surface area contributed by atoms with Crippen LogP contribution in [0.3, 0.4) is 0 Å². The Hall–Kier alpha value is -1.82. The quantitative estimate of drug-likeness (QED) is 0.835. The molecule has 3 N–H and O–H groups in total. The molecule has 0 amide bonds. The first kappa shape index (κ1) is 13.6. The maximum Gasteiger partial charge on any atom is 0.151 e. The fraction of sp³-hybridized carbons (Fsp3) is 0.0769. The lowest BCUT2D eigenvalue weighted by atomic mass is 10.2. The highest BCUT2D eigenvalue weighted by Gasteiger charge is 2.12. The Morgan fingerprint density at radius 3 is 2.37 bits per heavy atom. The monoisotopic (exact) mass is 328 g/mol. The van der Waals surface area contributed by atoms with Crippen LogP contribution in [-0.4, -0.2) is 7.11 Å². The maximum atomic E-state index is 13.7. The smallest absolute Gasteiger partial charge is 0.151 e. The highest BCUT2D eigenvalue weighted by Crippen LogP contribution is 2.32. The van der Waals surface area contributed by atoms with Gasteiger partial charge in [-0.05, 0) is 40.2 Å². The second kappa shape index (κ2) is 5.44. The lowest BCUT2D eigenvalue weighted by Gasteiger charge is -2.12. The Kier molecular flexibility index (Phi) is 3.90. The van der Waals surface area contributed by atoms with Crippen molar-refractivity contribution in [2.45, 2.75) is 0 Å². The minimum absolute atomic E-state index is 0.0326. The lowest BCUT2D eigenvalue weighted by Crippen LogP contribution is -2.00. The van der Waals surface area contributed by atoms with Crippen molar-refractivity contribution in [3.63, 3.8) is 0 Å². The second-order valence-electron chi connectivity index (χ2n) is 3.83. The van der Waals surface area contributed by atoms with E-state index in [-0.39, 0.29) is 11.4 Å². The fourth-order valence-corrected chi connectivity index (χ4v) is 1.92. The largest absolute Gasteiger partial charge is 0.497 e. The van der Waals surface area contributed by atoms with Gasteiger partial charge in [-0.3, -0.25) is 0 Å². The topological polar surface area (TPSA) is 47.3 Å². The van der Waals surface area contributed by atoms with Gasteiger partial charge in [-0.2, -0.15) is 0 Å². The molecule has 100 valence electrons. The summed E-state index contributed by atoms with van der Waals surface area (Å²) < 4.78 is 33.1. The van der Waals surface area contributed by atoms with Crippen LogP contribution in [0.15, 0.2) is 34.8 Å². The Morgan fingerprint density at radius 1 is 1.16 bits per heavy atom. The summed E-state index contributed by atoms with van der Waals surface area (Å²) in [6.07, 6.45) is 0. The molecule has 2 rings (SSSR count). The number of halogens is 3. The molecule has 2 aromatic carbocycles. The second-order valence-corrected chi connectivity index (χ2v) is 4.68. The highest BCUT2D eigenvalue weighted by atomic mass is 79.9. The average Bonchev–Trinajstić information content (AvgIpc) is 2.35. The zero-order valence-corrected chi connectivity index (χ0v) is 11.6. The summed E-state index contributed by atoms with van der Waals surface area (Å²) in [4.78, 5) is 0. The third kappa shape index (κ3) is 2.96. The molecule has 6 heteroatoms. The lowest BCUT2D eigenvalue weighted by molar-refractivity contribution is 0.415. The van der Waals surface area contributed by atoms with Gasteiger partial charge in [0.25, 0.3) is 0 Å². The van der Waals surface area contributed by atoms with Crippen LogP contribution in [-0.2, 0) is 0 Å². The van der Waals surface area contributed by atoms with Crippen molar-refractivity contribution in [1.82, 2.24) is 0 Å². The number of anilines is 3. The van der Waals surface area contributed by atoms with Gasteiger partial charge in [0.1, 0.15) is 11.4 Å². The van der Waals surface area contributed by atoms with Crippen LogP contribution in [0.1, 0.15) is 0 Å². The molecule has 0 radical (unpaired) electrons. The van der Waals surface area contributed by atoms with E-state index in [0.717, 1.165) is 12.1 Å². The van der Waals surface area contributed by atoms with E-state index in [1.165, 1.54) is 7.11 Å². The number of benzene rings is 2. The molecule has 2 aromatic rings. The highest BCUT2D eigenvalue weighted by molar-refractivity contribution is 9.10. The van der Waals surface area contributed by atoms with Gasteiger partial charge >= 0.3 is 0 Å². The number of hydrogen-bond donors (Lipinski definition) is 2. The number of nitrogens with two attached hydrogens (primary N) is 1. The van der Waals surface area contributed by atoms with Crippen molar-refractivity contribution in [3.8, 4) is 5.75 Å². The first-order valence-electron chi connectivity index (χ1n) is 5.36. The molecule has 19 heavy (non-hydrogen) atoms. The summed E-state index contributed by atoms with van der Waals surface area (Å²) in [5.41, 5.74) is 5.62. The predicted molar refractivity (Wildman–Crippen MR) is 74.7 cm³/mol. The standard InChI is InChI=1S/C13H11BrF2N2O/c1-19-8-2-3-9(14)12(6-8)18-13-10(15)4-7(17)5-11(13)16/h2-6,18H,17H2,1H3. The van der Waals surface area contributed by atoms with Gasteiger partial charge in [-0.25, -0.2) is 8.78 Å². The van der Waals surface area contributed by atoms with E-state index >= 15 is 0 Å². The predicted octanol–water partition coefficient (Wildman–Crippen LogP) is 4.06. The van der Waals surface area contributed by atoms with E-state index in [1.54, 1.807) is 18.2 Å². The Morgan fingerprint density at radius 2 is 1.79 bits per heavy atom. The molecule has 0 bridgehead atoms. The average molecular weight is 329 g/mol. The molecular formula is C13H11BrF2N2O. The van der Waals surface area contributed by atoms with Gasteiger partial charge in [0.2, 0.25) is 0 Å². The van der Waals surface area contributed by atoms with E-state index in [9.17, 15) is 8.78 Å². The number of ether oxygens (including phenoxy) is 1. The van der Waals surface area contributed by atoms with E-state index < -0.39 is 11.6 Å². The van der Waals surface area contributed by atoms with Crippen LogP contribution in [0.25, 0.3) is 0 Å². The van der Waals surface area contributed by atoms with Gasteiger partial charge in [0, 0.05) is 16.2 Å². The summed E-state index contributed by atoms with van der Waals surface area (Å²) in [6, 6.07) is 7.18. The van der Waals surface area contributed by atoms with Gasteiger partial charge < -0.3 is 15.8 Å². The van der Waals surface area contributed by atoms with Crippen LogP contribution in [0.5, 0.6) is 5.75 Å². The molecule has 3 nitrogen and oxygen atoms in total. The van der Waals surface area contributed by atoms with Crippen LogP contribution < -0.4 is 15.8 Å². The molecule has 0 saturated heterocycles. The molecule has 0 unspecified atom stereocenters. The number of nitrogen functional groups attached to an aromatic ring is 1. The van der Waals surface area contributed by atoms with Crippen molar-refractivity contribution < 1.29 is 13.5 Å². The van der Waals surface area contributed by atoms with Crippen LogP contribution >= 0.6 is 15.9 Å². The van der Waals surface area contributed by atoms with Gasteiger partial charge in [-0.1, -0.05) is 0 Å². The van der Waals surface area contributed by atoms with Crippen LogP contribution in [0.4, 0.5) is 25.8 Å². The Labute approximate surface area is 117 Å². The number of nitrogens with one attached hydrogen (secondary N) is 1. The van der Waals surface area contributed by atoms with Crippen molar-refractivity contribution in [2.75, 3.05) is 18.2 Å². The molecule has 0 saturated carbocycles. The maximum absolute atomic E-state index is 13.7. The first-order chi connectivity index (χ1) is 9.01. The molecule has 0 aromatic heterocycles.